The summed E-state index contributed by atoms with van der Waals surface area (Å²) in [5.74, 6) is 4.08. The second-order valence-electron chi connectivity index (χ2n) is 14.8. The first-order valence-electron chi connectivity index (χ1n) is 15.5. The summed E-state index contributed by atoms with van der Waals surface area (Å²) in [5.41, 5.74) is 0. The van der Waals surface area contributed by atoms with Gasteiger partial charge in [-0.2, -0.15) is 0 Å². The summed E-state index contributed by atoms with van der Waals surface area (Å²) in [6.07, 6.45) is 6.84. The molecule has 0 aliphatic carbocycles. The van der Waals surface area contributed by atoms with E-state index in [1.54, 1.807) is 25.1 Å². The molecular weight excluding hydrogens is 665 g/mol. The van der Waals surface area contributed by atoms with Gasteiger partial charge in [-0.3, -0.25) is 0 Å². The molecule has 0 aliphatic heterocycles. The third-order valence-electron chi connectivity index (χ3n) is 5.57. The van der Waals surface area contributed by atoms with Gasteiger partial charge >= 0.3 is 46.1 Å². The topological polar surface area (TPSA) is 114 Å². The minimum atomic E-state index is -1.25. The molecule has 0 atom stereocenters. The summed E-state index contributed by atoms with van der Waals surface area (Å²) in [6.45, 7) is 30.7. The summed E-state index contributed by atoms with van der Waals surface area (Å²) in [6, 6.07) is 15.6. The monoisotopic (exact) mass is 724 g/mol. The number of hydrogen-bond acceptors (Lipinski definition) is 4. The van der Waals surface area contributed by atoms with Crippen molar-refractivity contribution >= 4 is 79.0 Å². The number of furan rings is 4. The zero-order valence-electron chi connectivity index (χ0n) is 30.9. The predicted octanol–water partition coefficient (Wildman–Crippen LogP) is 7.57. The van der Waals surface area contributed by atoms with Gasteiger partial charge in [-0.15, -0.1) is 0 Å². The molecule has 4 aromatic heterocycles. The van der Waals surface area contributed by atoms with Gasteiger partial charge in [0.2, 0.25) is 0 Å². The Morgan fingerprint density at radius 3 is 0.913 bits per heavy atom. The molecule has 14 heteroatoms. The summed E-state index contributed by atoms with van der Waals surface area (Å²) in [7, 11) is -4.49. The molecule has 0 amide bonds. The molecule has 8 nitrogen and oxygen atoms in total. The Bertz CT molecular complexity index is 1010. The Morgan fingerprint density at radius 2 is 0.717 bits per heavy atom. The summed E-state index contributed by atoms with van der Waals surface area (Å²) in [5, 5.41) is 0. The second kappa shape index (κ2) is 23.7. The van der Waals surface area contributed by atoms with Gasteiger partial charge in [0, 0.05) is 0 Å². The van der Waals surface area contributed by atoms with Crippen LogP contribution in [0, 0.1) is 0 Å². The van der Waals surface area contributed by atoms with Crippen LogP contribution in [0.25, 0.3) is 9.96 Å². The molecule has 4 rings (SSSR count). The fourth-order valence-electron chi connectivity index (χ4n) is 3.11. The molecule has 0 saturated carbocycles. The van der Waals surface area contributed by atoms with Crippen molar-refractivity contribution in [1.29, 1.82) is 0 Å². The Morgan fingerprint density at radius 1 is 0.457 bits per heavy atom. The van der Waals surface area contributed by atoms with Crippen molar-refractivity contribution in [2.45, 2.75) is 105 Å². The van der Waals surface area contributed by atoms with Gasteiger partial charge in [0.25, 0.3) is 16.5 Å². The van der Waals surface area contributed by atoms with E-state index in [1.807, 2.05) is 48.5 Å². The Labute approximate surface area is 315 Å². The van der Waals surface area contributed by atoms with Crippen molar-refractivity contribution < 1.29 is 27.6 Å². The Balaban J connectivity index is 0. The standard InChI is InChI=1S/2C8H15NOSi.2C8H14NOSi.2Mg/c4*1-11(2,3)9-7-8-5-4-6-10-8;;/h2*4-6,9H,7H2,1-3H3;2*4-6H,7H2,1-3H3;;/q;;2*-1;2*+2/p+2. The van der Waals surface area contributed by atoms with E-state index in [9.17, 15) is 0 Å². The van der Waals surface area contributed by atoms with Gasteiger partial charge in [0.1, 0.15) is 13.1 Å². The van der Waals surface area contributed by atoms with Crippen LogP contribution in [-0.2, 0) is 26.2 Å². The smallest absolute Gasteiger partial charge is 0.659 e. The summed E-state index contributed by atoms with van der Waals surface area (Å²) >= 11 is 0. The van der Waals surface area contributed by atoms with E-state index in [1.165, 1.54) is 0 Å². The maximum absolute atomic E-state index is 5.22. The zero-order chi connectivity index (χ0) is 33.3. The Kier molecular flexibility index (Phi) is 24.4. The maximum Gasteiger partial charge on any atom is 2.00 e. The van der Waals surface area contributed by atoms with Crippen molar-refractivity contribution in [1.82, 2.24) is 0 Å². The number of quaternary nitrogens is 2. The SMILES string of the molecule is C[Si](C)(C)[N-]Cc1ccco1.C[Si](C)(C)[N-]Cc1ccco1.C[Si](C)(C)[NH2+]Cc1ccco1.C[Si](C)(C)[NH2+]Cc1ccco1.[Mg+2].[Mg+2]. The third kappa shape index (κ3) is 29.5. The Hall–Kier alpha value is -0.640. The fourth-order valence-corrected chi connectivity index (χ4v) is 5.99. The average molecular weight is 726 g/mol. The molecule has 0 bridgehead atoms. The number of rotatable bonds is 12. The van der Waals surface area contributed by atoms with E-state index < -0.39 is 32.9 Å². The first-order valence-corrected chi connectivity index (χ1v) is 29.5. The van der Waals surface area contributed by atoms with Crippen LogP contribution in [0.4, 0.5) is 0 Å². The molecule has 248 valence electrons. The molecule has 46 heavy (non-hydrogen) atoms. The molecule has 4 heterocycles. The quantitative estimate of drug-likeness (QED) is 0.147. The van der Waals surface area contributed by atoms with E-state index in [4.69, 9.17) is 17.7 Å². The zero-order valence-corrected chi connectivity index (χ0v) is 37.7. The van der Waals surface area contributed by atoms with Gasteiger partial charge in [-0.1, -0.05) is 68.8 Å². The van der Waals surface area contributed by atoms with Gasteiger partial charge in [0.15, 0.2) is 11.5 Å². The van der Waals surface area contributed by atoms with Crippen molar-refractivity contribution in [2.24, 2.45) is 0 Å². The minimum Gasteiger partial charge on any atom is -0.659 e. The van der Waals surface area contributed by atoms with Crippen LogP contribution in [-0.4, -0.2) is 79.0 Å². The van der Waals surface area contributed by atoms with Crippen LogP contribution < -0.4 is 9.96 Å². The van der Waals surface area contributed by atoms with Crippen molar-refractivity contribution in [2.75, 3.05) is 0 Å². The normalized spacial score (nSPS) is 11.4. The first kappa shape index (κ1) is 47.5. The minimum absolute atomic E-state index is 0. The van der Waals surface area contributed by atoms with Crippen molar-refractivity contribution in [3.05, 3.63) is 107 Å². The van der Waals surface area contributed by atoms with Crippen LogP contribution in [0.5, 0.6) is 0 Å². The van der Waals surface area contributed by atoms with Crippen LogP contribution in [0.3, 0.4) is 0 Å². The third-order valence-corrected chi connectivity index (χ3v) is 10.6. The number of nitrogens with zero attached hydrogens (tertiary/aromatic N) is 2. The summed E-state index contributed by atoms with van der Waals surface area (Å²) < 4.78 is 20.8. The largest absolute Gasteiger partial charge is 2.00 e. The van der Waals surface area contributed by atoms with E-state index in [-0.39, 0.29) is 46.1 Å². The van der Waals surface area contributed by atoms with Gasteiger partial charge in [-0.05, 0) is 87.8 Å². The van der Waals surface area contributed by atoms with E-state index >= 15 is 0 Å². The molecule has 0 radical (unpaired) electrons. The first-order chi connectivity index (χ1) is 20.3. The number of hydrogen-bond donors (Lipinski definition) is 2. The van der Waals surface area contributed by atoms with Crippen molar-refractivity contribution in [3.8, 4) is 0 Å². The second-order valence-corrected chi connectivity index (χ2v) is 34.4. The van der Waals surface area contributed by atoms with Crippen LogP contribution in [0.2, 0.25) is 78.6 Å². The van der Waals surface area contributed by atoms with E-state index in [0.29, 0.717) is 0 Å². The molecule has 0 spiro atoms. The maximum atomic E-state index is 5.22. The molecule has 0 aromatic carbocycles. The van der Waals surface area contributed by atoms with E-state index in [2.05, 4.69) is 98.5 Å². The summed E-state index contributed by atoms with van der Waals surface area (Å²) in [4.78, 5) is 13.9. The molecule has 0 unspecified atom stereocenters. The molecule has 4 N–H and O–H groups in total. The fraction of sp³-hybridized carbons (Fsp3) is 0.500. The van der Waals surface area contributed by atoms with Crippen LogP contribution in [0.15, 0.2) is 91.3 Å². The molecule has 0 fully saturated rings. The molecule has 0 saturated heterocycles. The molecule has 4 aromatic rings. The predicted molar refractivity (Wildman–Crippen MR) is 205 cm³/mol. The van der Waals surface area contributed by atoms with Crippen LogP contribution in [0.1, 0.15) is 23.0 Å². The molecular formula is C32H60Mg2N4O4Si4+4. The average Bonchev–Trinajstić information content (AvgIpc) is 3.72. The van der Waals surface area contributed by atoms with Gasteiger partial charge in [-0.25, -0.2) is 0 Å². The van der Waals surface area contributed by atoms with Gasteiger partial charge in [0.05, 0.1) is 36.6 Å². The van der Waals surface area contributed by atoms with E-state index in [0.717, 1.165) is 49.2 Å². The van der Waals surface area contributed by atoms with Crippen LogP contribution >= 0.6 is 0 Å². The van der Waals surface area contributed by atoms with Crippen molar-refractivity contribution in [3.63, 3.8) is 0 Å². The molecule has 0 aliphatic rings. The van der Waals surface area contributed by atoms with Gasteiger partial charge < -0.3 is 37.6 Å². The number of nitrogens with two attached hydrogens (primary N) is 2.